The van der Waals surface area contributed by atoms with Gasteiger partial charge in [-0.1, -0.05) is 74.0 Å². The molecule has 2 aromatic carbocycles. The summed E-state index contributed by atoms with van der Waals surface area (Å²) in [6.45, 7) is 7.68. The molecule has 4 nitrogen and oxygen atoms in total. The van der Waals surface area contributed by atoms with Crippen molar-refractivity contribution in [3.63, 3.8) is 0 Å². The summed E-state index contributed by atoms with van der Waals surface area (Å²) in [5, 5.41) is 0. The summed E-state index contributed by atoms with van der Waals surface area (Å²) in [5.74, 6) is 1.14. The summed E-state index contributed by atoms with van der Waals surface area (Å²) in [6.07, 6.45) is 9.43. The van der Waals surface area contributed by atoms with Crippen LogP contribution in [0.25, 0.3) is 0 Å². The fourth-order valence-corrected chi connectivity index (χ4v) is 4.16. The average molecular weight is 637 g/mol. The van der Waals surface area contributed by atoms with Crippen LogP contribution >= 0.6 is 15.9 Å². The molecule has 0 heterocycles. The molecule has 0 saturated heterocycles. The molecule has 0 bridgehead atoms. The minimum atomic E-state index is -0.292. The molecule has 2 aliphatic carbocycles. The molecule has 2 aliphatic rings. The van der Waals surface area contributed by atoms with Gasteiger partial charge in [-0.2, -0.15) is 5.92 Å². The maximum atomic E-state index is 11.4. The minimum Gasteiger partial charge on any atom is -1.00 e. The summed E-state index contributed by atoms with van der Waals surface area (Å²) in [4.78, 5) is 22.5. The number of halogens is 2. The molecule has 2 saturated carbocycles. The Morgan fingerprint density at radius 1 is 0.889 bits per heavy atom. The van der Waals surface area contributed by atoms with Crippen LogP contribution in [0.2, 0.25) is 0 Å². The fraction of sp³-hybridized carbons (Fsp3) is 0.483. The Labute approximate surface area is 253 Å². The van der Waals surface area contributed by atoms with Crippen LogP contribution < -0.4 is 17.0 Å². The van der Waals surface area contributed by atoms with E-state index in [1.807, 2.05) is 32.0 Å². The molecule has 2 fully saturated rings. The molecule has 36 heavy (non-hydrogen) atoms. The van der Waals surface area contributed by atoms with Crippen molar-refractivity contribution < 1.29 is 36.0 Å². The molecule has 0 unspecified atom stereocenters. The molecule has 196 valence electrons. The third-order valence-corrected chi connectivity index (χ3v) is 6.76. The number of ether oxygens (including phenoxy) is 2. The smallest absolute Gasteiger partial charge is 1.00 e. The van der Waals surface area contributed by atoms with Crippen LogP contribution in [-0.4, -0.2) is 49.2 Å². The average Bonchev–Trinajstić information content (AvgIpc) is 2.75. The van der Waals surface area contributed by atoms with Gasteiger partial charge in [0.25, 0.3) is 0 Å². The van der Waals surface area contributed by atoms with Gasteiger partial charge in [-0.05, 0) is 67.1 Å². The number of esters is 2. The first kappa shape index (κ1) is 37.3. The molecule has 0 amide bonds. The van der Waals surface area contributed by atoms with Crippen LogP contribution in [-0.2, 0) is 15.9 Å². The predicted octanol–water partition coefficient (Wildman–Crippen LogP) is 4.55. The Hall–Kier alpha value is -0.894. The second-order valence-electron chi connectivity index (χ2n) is 8.89. The first-order chi connectivity index (χ1) is 15.7. The van der Waals surface area contributed by atoms with E-state index in [1.54, 1.807) is 6.07 Å². The Bertz CT molecular complexity index is 941. The molecule has 7 heteroatoms. The number of carbonyl (C=O) groups is 2. The van der Waals surface area contributed by atoms with Crippen molar-refractivity contribution in [3.05, 3.63) is 75.6 Å². The zero-order valence-corrected chi connectivity index (χ0v) is 26.0. The molecule has 2 aromatic rings. The van der Waals surface area contributed by atoms with Gasteiger partial charge in [-0.15, -0.1) is 0 Å². The number of rotatable bonds is 4. The van der Waals surface area contributed by atoms with Crippen molar-refractivity contribution in [2.75, 3.05) is 14.2 Å². The molecule has 0 aromatic heterocycles. The van der Waals surface area contributed by atoms with Gasteiger partial charge < -0.3 is 33.4 Å². The first-order valence-corrected chi connectivity index (χ1v) is 12.4. The van der Waals surface area contributed by atoms with Crippen LogP contribution in [0.5, 0.6) is 0 Å². The fourth-order valence-electron chi connectivity index (χ4n) is 3.68. The van der Waals surface area contributed by atoms with Gasteiger partial charge >= 0.3 is 35.0 Å². The second kappa shape index (κ2) is 19.2. The van der Waals surface area contributed by atoms with Gasteiger partial charge in [0.15, 0.2) is 0 Å². The van der Waals surface area contributed by atoms with Crippen LogP contribution in [0, 0.1) is 32.6 Å². The zero-order valence-electron chi connectivity index (χ0n) is 21.4. The summed E-state index contributed by atoms with van der Waals surface area (Å²) < 4.78 is 10.3. The Morgan fingerprint density at radius 2 is 1.33 bits per heavy atom. The molecule has 0 spiro atoms. The van der Waals surface area contributed by atoms with E-state index in [4.69, 9.17) is 4.74 Å². The van der Waals surface area contributed by atoms with Gasteiger partial charge in [0.2, 0.25) is 0 Å². The quantitative estimate of drug-likeness (QED) is 0.281. The number of hydrogen-bond acceptors (Lipinski definition) is 4. The molecular formula is C29H40Br2MgO4. The van der Waals surface area contributed by atoms with Gasteiger partial charge in [0.05, 0.1) is 25.3 Å². The molecule has 4 rings (SSSR count). The normalized spacial score (nSPS) is 13.7. The van der Waals surface area contributed by atoms with Crippen LogP contribution in [0.4, 0.5) is 0 Å². The molecule has 0 radical (unpaired) electrons. The molecule has 0 atom stereocenters. The molecular weight excluding hydrogens is 596 g/mol. The summed E-state index contributed by atoms with van der Waals surface area (Å²) in [6, 6.07) is 11.5. The van der Waals surface area contributed by atoms with Crippen molar-refractivity contribution in [2.24, 2.45) is 11.8 Å². The van der Waals surface area contributed by atoms with E-state index >= 15 is 0 Å². The number of benzene rings is 2. The Balaban J connectivity index is 0. The summed E-state index contributed by atoms with van der Waals surface area (Å²) >= 11 is 3.32. The first-order valence-electron chi connectivity index (χ1n) is 11.6. The number of aryl methyl sites for hydroxylation is 2. The van der Waals surface area contributed by atoms with Gasteiger partial charge in [0.1, 0.15) is 0 Å². The third-order valence-electron chi connectivity index (χ3n) is 6.26. The largest absolute Gasteiger partial charge is 2.00 e. The topological polar surface area (TPSA) is 52.6 Å². The van der Waals surface area contributed by atoms with E-state index in [2.05, 4.69) is 39.7 Å². The van der Waals surface area contributed by atoms with E-state index in [0.29, 0.717) is 11.1 Å². The van der Waals surface area contributed by atoms with Crippen molar-refractivity contribution in [2.45, 2.75) is 66.2 Å². The van der Waals surface area contributed by atoms with Gasteiger partial charge in [-0.3, -0.25) is 0 Å². The van der Waals surface area contributed by atoms with Crippen LogP contribution in [0.15, 0.2) is 40.9 Å². The Kier molecular flexibility index (Phi) is 19.9. The van der Waals surface area contributed by atoms with Crippen molar-refractivity contribution in [1.29, 1.82) is 0 Å². The molecule has 0 aliphatic heterocycles. The van der Waals surface area contributed by atoms with E-state index in [9.17, 15) is 9.59 Å². The van der Waals surface area contributed by atoms with E-state index in [0.717, 1.165) is 33.9 Å². The second-order valence-corrected chi connectivity index (χ2v) is 9.81. The van der Waals surface area contributed by atoms with Crippen LogP contribution in [0.1, 0.15) is 83.4 Å². The number of carbonyl (C=O) groups excluding carboxylic acids is 2. The van der Waals surface area contributed by atoms with E-state index < -0.39 is 0 Å². The standard InChI is InChI=1S/C14H18O2.C9H9BrO2.C5H9.CH4.BrH.Mg/c1-10-8-12(9-11-4-3-5-11)6-7-13(10)14(15)16-2;1-6-5-7(10)3-4-8(6)9(11)12-2;1-5-3-2-4-5;;;/h6-8,11H,3-5,9H2,1-2H3;3-5H,1-2H3;5H,1-4H2;1H4;1H;/q;;-1;;;+2/p-1. The van der Waals surface area contributed by atoms with E-state index in [1.165, 1.54) is 58.3 Å². The van der Waals surface area contributed by atoms with Crippen molar-refractivity contribution in [3.8, 4) is 0 Å². The molecule has 0 N–H and O–H groups in total. The van der Waals surface area contributed by atoms with E-state index in [-0.39, 0.29) is 59.4 Å². The summed E-state index contributed by atoms with van der Waals surface area (Å²) in [7, 11) is 2.80. The maximum absolute atomic E-state index is 11.4. The monoisotopic (exact) mass is 634 g/mol. The third kappa shape index (κ3) is 12.1. The van der Waals surface area contributed by atoms with Crippen molar-refractivity contribution in [1.82, 2.24) is 0 Å². The maximum Gasteiger partial charge on any atom is 2.00 e. The minimum absolute atomic E-state index is 0. The number of methoxy groups -OCH3 is 2. The van der Waals surface area contributed by atoms with Gasteiger partial charge in [-0.25, -0.2) is 9.59 Å². The number of hydrogen-bond donors (Lipinski definition) is 0. The van der Waals surface area contributed by atoms with Crippen LogP contribution in [0.3, 0.4) is 0 Å². The predicted molar refractivity (Wildman–Crippen MR) is 149 cm³/mol. The summed E-state index contributed by atoms with van der Waals surface area (Å²) in [5.41, 5.74) is 4.57. The Morgan fingerprint density at radius 3 is 1.67 bits per heavy atom. The van der Waals surface area contributed by atoms with Crippen molar-refractivity contribution >= 4 is 50.9 Å². The van der Waals surface area contributed by atoms with Gasteiger partial charge in [0, 0.05) is 4.47 Å². The SMILES string of the molecule is C.COC(=O)c1ccc(Br)cc1C.COC(=O)c1ccc(CC2CCC2)cc1C.[Br-].[CH2-]C1CCC1.[Mg+2]. The zero-order chi connectivity index (χ0) is 24.4.